The van der Waals surface area contributed by atoms with E-state index in [2.05, 4.69) is 30.9 Å². The van der Waals surface area contributed by atoms with Crippen molar-refractivity contribution in [2.75, 3.05) is 5.32 Å². The Morgan fingerprint density at radius 3 is 2.72 bits per heavy atom. The lowest BCUT2D eigenvalue weighted by Crippen LogP contribution is -2.02. The topological polar surface area (TPSA) is 74.1 Å². The van der Waals surface area contributed by atoms with E-state index in [0.717, 1.165) is 57.4 Å². The molecule has 7 nitrogen and oxygen atoms in total. The molecule has 1 N–H and O–H groups in total. The van der Waals surface area contributed by atoms with Gasteiger partial charge in [0.1, 0.15) is 29.1 Å². The Hall–Kier alpha value is -4.13. The molecule has 0 amide bonds. The number of fused-ring (bicyclic) bond motifs is 1. The number of allylic oxidation sites excluding steroid dienone is 2. The summed E-state index contributed by atoms with van der Waals surface area (Å²) in [7, 11) is 1.99. The third-order valence-electron chi connectivity index (χ3n) is 5.35. The summed E-state index contributed by atoms with van der Waals surface area (Å²) in [6, 6.07) is 11.8. The maximum absolute atomic E-state index is 5.98. The van der Waals surface area contributed by atoms with Crippen LogP contribution in [0.4, 0.5) is 11.5 Å². The van der Waals surface area contributed by atoms with Crippen molar-refractivity contribution in [1.29, 1.82) is 0 Å². The molecule has 5 rings (SSSR count). The molecule has 0 aliphatic carbocycles. The summed E-state index contributed by atoms with van der Waals surface area (Å²) in [5.41, 5.74) is 5.58. The van der Waals surface area contributed by atoms with E-state index in [1.54, 1.807) is 18.8 Å². The van der Waals surface area contributed by atoms with E-state index in [-0.39, 0.29) is 0 Å². The molecule has 160 valence electrons. The van der Waals surface area contributed by atoms with E-state index in [1.165, 1.54) is 0 Å². The third-order valence-corrected chi connectivity index (χ3v) is 5.35. The Bertz CT molecular complexity index is 1350. The molecule has 0 atom stereocenters. The molecule has 32 heavy (non-hydrogen) atoms. The van der Waals surface area contributed by atoms with Gasteiger partial charge in [-0.25, -0.2) is 9.97 Å². The van der Waals surface area contributed by atoms with Crippen molar-refractivity contribution in [3.63, 3.8) is 0 Å². The molecule has 7 heteroatoms. The molecule has 0 bridgehead atoms. The van der Waals surface area contributed by atoms with E-state index < -0.39 is 0 Å². The van der Waals surface area contributed by atoms with Gasteiger partial charge >= 0.3 is 0 Å². The highest BCUT2D eigenvalue weighted by Crippen LogP contribution is 2.32. The Kier molecular flexibility index (Phi) is 5.07. The lowest BCUT2D eigenvalue weighted by Gasteiger charge is -2.13. The summed E-state index contributed by atoms with van der Waals surface area (Å²) < 4.78 is 13.7. The summed E-state index contributed by atoms with van der Waals surface area (Å²) in [6.45, 7) is 3.96. The lowest BCUT2D eigenvalue weighted by atomic mass is 10.2. The molecule has 0 saturated heterocycles. The molecule has 0 spiro atoms. The minimum absolute atomic E-state index is 0.710. The van der Waals surface area contributed by atoms with Gasteiger partial charge in [0.15, 0.2) is 5.82 Å². The molecule has 4 aromatic rings. The molecule has 0 fully saturated rings. The number of pyridine rings is 1. The van der Waals surface area contributed by atoms with Crippen LogP contribution < -0.4 is 10.1 Å². The van der Waals surface area contributed by atoms with E-state index in [9.17, 15) is 0 Å². The standard InChI is InChI=1S/C25H23N5O2/c1-16-12-18(8-10-22(16)32-19-9-7-17(2)26-14-19)29-25-24-20(27-15-28-25)13-21(30(24)3)23-6-4-5-11-31-23/h5-15H,4H2,1-3H3,(H,27,28,29). The number of benzene rings is 1. The van der Waals surface area contributed by atoms with Crippen molar-refractivity contribution in [2.24, 2.45) is 7.05 Å². The number of nitrogens with one attached hydrogen (secondary N) is 1. The van der Waals surface area contributed by atoms with Crippen LogP contribution in [0.2, 0.25) is 0 Å². The van der Waals surface area contributed by atoms with Crippen LogP contribution in [0.25, 0.3) is 16.8 Å². The number of nitrogens with zero attached hydrogens (tertiary/aromatic N) is 4. The molecule has 1 aliphatic rings. The number of hydrogen-bond acceptors (Lipinski definition) is 6. The molecule has 1 aromatic carbocycles. The van der Waals surface area contributed by atoms with Gasteiger partial charge < -0.3 is 19.4 Å². The third kappa shape index (κ3) is 3.80. The maximum atomic E-state index is 5.98. The predicted molar refractivity (Wildman–Crippen MR) is 125 cm³/mol. The minimum atomic E-state index is 0.710. The fourth-order valence-corrected chi connectivity index (χ4v) is 3.69. The molecule has 0 unspecified atom stereocenters. The Morgan fingerprint density at radius 1 is 1.06 bits per heavy atom. The molecule has 4 heterocycles. The van der Waals surface area contributed by atoms with Crippen LogP contribution >= 0.6 is 0 Å². The van der Waals surface area contributed by atoms with Gasteiger partial charge in [-0.2, -0.15) is 0 Å². The van der Waals surface area contributed by atoms with E-state index in [4.69, 9.17) is 9.47 Å². The minimum Gasteiger partial charge on any atom is -0.463 e. The highest BCUT2D eigenvalue weighted by atomic mass is 16.5. The summed E-state index contributed by atoms with van der Waals surface area (Å²) >= 11 is 0. The summed E-state index contributed by atoms with van der Waals surface area (Å²) in [5.74, 6) is 3.04. The number of anilines is 2. The second-order valence-corrected chi connectivity index (χ2v) is 7.68. The monoisotopic (exact) mass is 425 g/mol. The van der Waals surface area contributed by atoms with Gasteiger partial charge in [-0.1, -0.05) is 0 Å². The van der Waals surface area contributed by atoms with Crippen LogP contribution in [0.3, 0.4) is 0 Å². The van der Waals surface area contributed by atoms with Crippen LogP contribution in [0.15, 0.2) is 67.3 Å². The van der Waals surface area contributed by atoms with Gasteiger partial charge in [0, 0.05) is 18.4 Å². The average Bonchev–Trinajstić information content (AvgIpc) is 3.15. The first-order valence-electron chi connectivity index (χ1n) is 10.4. The zero-order valence-corrected chi connectivity index (χ0v) is 18.2. The van der Waals surface area contributed by atoms with Crippen molar-refractivity contribution >= 4 is 28.3 Å². The normalized spacial score (nSPS) is 13.0. The zero-order valence-electron chi connectivity index (χ0n) is 18.2. The van der Waals surface area contributed by atoms with Crippen molar-refractivity contribution in [3.05, 3.63) is 84.3 Å². The first-order chi connectivity index (χ1) is 15.6. The highest BCUT2D eigenvalue weighted by molar-refractivity contribution is 5.91. The van der Waals surface area contributed by atoms with Crippen molar-refractivity contribution in [3.8, 4) is 11.5 Å². The number of hydrogen-bond donors (Lipinski definition) is 1. The van der Waals surface area contributed by atoms with Gasteiger partial charge in [-0.05, 0) is 74.4 Å². The second-order valence-electron chi connectivity index (χ2n) is 7.68. The average molecular weight is 425 g/mol. The molecule has 0 radical (unpaired) electrons. The van der Waals surface area contributed by atoms with E-state index in [1.807, 2.05) is 63.4 Å². The SMILES string of the molecule is Cc1ccc(Oc2ccc(Nc3ncnc4cc(C5=CCC=CO5)n(C)c34)cc2C)cn1. The molecular weight excluding hydrogens is 402 g/mol. The van der Waals surface area contributed by atoms with Gasteiger partial charge in [0.2, 0.25) is 0 Å². The smallest absolute Gasteiger partial charge is 0.158 e. The van der Waals surface area contributed by atoms with Crippen LogP contribution in [0.5, 0.6) is 11.5 Å². The number of rotatable bonds is 5. The van der Waals surface area contributed by atoms with Gasteiger partial charge in [-0.3, -0.25) is 4.98 Å². The van der Waals surface area contributed by atoms with Crippen LogP contribution in [0, 0.1) is 13.8 Å². The maximum Gasteiger partial charge on any atom is 0.158 e. The summed E-state index contributed by atoms with van der Waals surface area (Å²) in [6.07, 6.45) is 9.90. The Balaban J connectivity index is 1.43. The molecule has 1 aliphatic heterocycles. The second kappa shape index (κ2) is 8.19. The predicted octanol–water partition coefficient (Wildman–Crippen LogP) is 5.79. The number of aromatic nitrogens is 4. The van der Waals surface area contributed by atoms with Crippen LogP contribution in [-0.2, 0) is 11.8 Å². The highest BCUT2D eigenvalue weighted by Gasteiger charge is 2.17. The van der Waals surface area contributed by atoms with Crippen LogP contribution in [-0.4, -0.2) is 19.5 Å². The molecule has 3 aromatic heterocycles. The lowest BCUT2D eigenvalue weighted by molar-refractivity contribution is 0.423. The van der Waals surface area contributed by atoms with Crippen molar-refractivity contribution in [1.82, 2.24) is 19.5 Å². The number of aryl methyl sites for hydroxylation is 3. The van der Waals surface area contributed by atoms with Crippen molar-refractivity contribution < 1.29 is 9.47 Å². The fourth-order valence-electron chi connectivity index (χ4n) is 3.69. The van der Waals surface area contributed by atoms with Gasteiger partial charge in [0.25, 0.3) is 0 Å². The largest absolute Gasteiger partial charge is 0.463 e. The molecule has 0 saturated carbocycles. The summed E-state index contributed by atoms with van der Waals surface area (Å²) in [5, 5.41) is 3.43. The quantitative estimate of drug-likeness (QED) is 0.436. The van der Waals surface area contributed by atoms with E-state index in [0.29, 0.717) is 5.75 Å². The number of ether oxygens (including phenoxy) is 2. The van der Waals surface area contributed by atoms with Crippen LogP contribution in [0.1, 0.15) is 23.4 Å². The molecular formula is C25H23N5O2. The van der Waals surface area contributed by atoms with Gasteiger partial charge in [-0.15, -0.1) is 0 Å². The van der Waals surface area contributed by atoms with Gasteiger partial charge in [0.05, 0.1) is 23.7 Å². The first-order valence-corrected chi connectivity index (χ1v) is 10.4. The first kappa shape index (κ1) is 19.8. The Morgan fingerprint density at radius 2 is 1.97 bits per heavy atom. The Labute approximate surface area is 186 Å². The fraction of sp³-hybridized carbons (Fsp3) is 0.160. The van der Waals surface area contributed by atoms with Crippen molar-refractivity contribution in [2.45, 2.75) is 20.3 Å². The van der Waals surface area contributed by atoms with E-state index >= 15 is 0 Å². The summed E-state index contributed by atoms with van der Waals surface area (Å²) in [4.78, 5) is 13.2. The zero-order chi connectivity index (χ0) is 22.1.